The van der Waals surface area contributed by atoms with Crippen molar-refractivity contribution in [3.8, 4) is 5.75 Å². The third-order valence-corrected chi connectivity index (χ3v) is 7.34. The van der Waals surface area contributed by atoms with Crippen molar-refractivity contribution in [3.63, 3.8) is 0 Å². The molecular weight excluding hydrogens is 545 g/mol. The largest absolute Gasteiger partial charge is 0.489 e. The minimum Gasteiger partial charge on any atom is -0.489 e. The number of hydrogen-bond acceptors (Lipinski definition) is 9. The Bertz CT molecular complexity index is 1310. The Morgan fingerprint density at radius 3 is 2.71 bits per heavy atom. The number of aryl methyl sites for hydroxylation is 1. The number of carbonyl (C=O) groups excluding carboxylic acids is 2. The number of Topliss-reactive ketones (excluding diaryl/α,β-unsaturated/α-hetero) is 1. The second-order valence-corrected chi connectivity index (χ2v) is 11.1. The number of halogens is 3. The zero-order chi connectivity index (χ0) is 29.5. The molecule has 3 aliphatic heterocycles. The fourth-order valence-corrected chi connectivity index (χ4v) is 5.25. The Labute approximate surface area is 235 Å². The highest BCUT2D eigenvalue weighted by Gasteiger charge is 2.42. The SMILES string of the molecule is Cc1nc(C(=O)C[C@H](C)C(F)(F)F)nc2c1N1CCC[C@@H](C1)N2C(=O)Nc1ccc(OC[C@@H]2COC(C)(C)O2)cn1. The van der Waals surface area contributed by atoms with Crippen LogP contribution >= 0.6 is 0 Å². The molecule has 2 aromatic heterocycles. The molecule has 5 heterocycles. The van der Waals surface area contributed by atoms with E-state index in [0.29, 0.717) is 36.7 Å². The number of nitrogens with zero attached hydrogens (tertiary/aromatic N) is 5. The summed E-state index contributed by atoms with van der Waals surface area (Å²) in [6.45, 7) is 8.24. The van der Waals surface area contributed by atoms with Crippen LogP contribution in [0.5, 0.6) is 5.75 Å². The molecule has 0 saturated carbocycles. The zero-order valence-electron chi connectivity index (χ0n) is 23.3. The Hall–Kier alpha value is -3.52. The summed E-state index contributed by atoms with van der Waals surface area (Å²) in [6.07, 6.45) is -2.50. The summed E-state index contributed by atoms with van der Waals surface area (Å²) in [7, 11) is 0. The van der Waals surface area contributed by atoms with Crippen LogP contribution in [0.2, 0.25) is 0 Å². The molecule has 14 heteroatoms. The molecule has 2 saturated heterocycles. The van der Waals surface area contributed by atoms with E-state index >= 15 is 0 Å². The number of alkyl halides is 3. The highest BCUT2D eigenvalue weighted by atomic mass is 19.4. The van der Waals surface area contributed by atoms with Crippen molar-refractivity contribution in [2.75, 3.05) is 41.4 Å². The van der Waals surface area contributed by atoms with Gasteiger partial charge in [0.05, 0.1) is 30.5 Å². The van der Waals surface area contributed by atoms with Crippen molar-refractivity contribution >= 4 is 29.1 Å². The van der Waals surface area contributed by atoms with Crippen LogP contribution in [0.1, 0.15) is 56.3 Å². The smallest absolute Gasteiger partial charge is 0.391 e. The van der Waals surface area contributed by atoms with Gasteiger partial charge in [0.1, 0.15) is 30.0 Å². The van der Waals surface area contributed by atoms with E-state index in [-0.39, 0.29) is 36.2 Å². The van der Waals surface area contributed by atoms with E-state index in [2.05, 4.69) is 25.2 Å². The maximum atomic E-state index is 13.6. The molecule has 0 spiro atoms. The normalized spacial score (nSPS) is 22.2. The van der Waals surface area contributed by atoms with Gasteiger partial charge in [0.2, 0.25) is 5.78 Å². The fourth-order valence-electron chi connectivity index (χ4n) is 5.25. The molecule has 0 aliphatic carbocycles. The summed E-state index contributed by atoms with van der Waals surface area (Å²) >= 11 is 0. The van der Waals surface area contributed by atoms with Gasteiger partial charge in [-0.15, -0.1) is 0 Å². The molecule has 0 aromatic carbocycles. The van der Waals surface area contributed by atoms with E-state index in [0.717, 1.165) is 19.9 Å². The van der Waals surface area contributed by atoms with Crippen molar-refractivity contribution in [1.82, 2.24) is 15.0 Å². The highest BCUT2D eigenvalue weighted by Crippen LogP contribution is 2.40. The minimum absolute atomic E-state index is 0.204. The second kappa shape index (κ2) is 11.0. The lowest BCUT2D eigenvalue weighted by Gasteiger charge is -2.46. The van der Waals surface area contributed by atoms with E-state index in [1.54, 1.807) is 19.1 Å². The molecule has 2 bridgehead atoms. The number of ether oxygens (including phenoxy) is 3. The van der Waals surface area contributed by atoms with Gasteiger partial charge in [-0.25, -0.2) is 19.7 Å². The van der Waals surface area contributed by atoms with Crippen LogP contribution in [0.3, 0.4) is 0 Å². The van der Waals surface area contributed by atoms with Crippen LogP contribution in [0.25, 0.3) is 0 Å². The van der Waals surface area contributed by atoms with E-state index in [9.17, 15) is 22.8 Å². The first kappa shape index (κ1) is 29.0. The summed E-state index contributed by atoms with van der Waals surface area (Å²) in [5.41, 5.74) is 1.02. The molecular formula is C27H33F3N6O5. The summed E-state index contributed by atoms with van der Waals surface area (Å²) in [4.78, 5) is 42.7. The molecule has 3 atom stereocenters. The monoisotopic (exact) mass is 578 g/mol. The van der Waals surface area contributed by atoms with Crippen LogP contribution in [-0.4, -0.2) is 77.2 Å². The number of anilines is 3. The molecule has 2 aromatic rings. The lowest BCUT2D eigenvalue weighted by Crippen LogP contribution is -2.56. The van der Waals surface area contributed by atoms with Gasteiger partial charge in [0.25, 0.3) is 0 Å². The van der Waals surface area contributed by atoms with Gasteiger partial charge < -0.3 is 19.1 Å². The number of nitrogens with one attached hydrogen (secondary N) is 1. The molecule has 2 fully saturated rings. The van der Waals surface area contributed by atoms with Gasteiger partial charge in [-0.2, -0.15) is 13.2 Å². The van der Waals surface area contributed by atoms with Gasteiger partial charge in [0.15, 0.2) is 17.4 Å². The van der Waals surface area contributed by atoms with Gasteiger partial charge in [-0.3, -0.25) is 15.0 Å². The fraction of sp³-hybridized carbons (Fsp3) is 0.593. The third kappa shape index (κ3) is 6.38. The molecule has 11 nitrogen and oxygen atoms in total. The number of rotatable bonds is 7. The number of urea groups is 1. The van der Waals surface area contributed by atoms with Crippen LogP contribution in [0.15, 0.2) is 18.3 Å². The number of amides is 2. The predicted octanol–water partition coefficient (Wildman–Crippen LogP) is 4.50. The van der Waals surface area contributed by atoms with Crippen LogP contribution in [0, 0.1) is 12.8 Å². The second-order valence-electron chi connectivity index (χ2n) is 11.1. The van der Waals surface area contributed by atoms with Gasteiger partial charge in [-0.1, -0.05) is 6.92 Å². The molecule has 41 heavy (non-hydrogen) atoms. The highest BCUT2D eigenvalue weighted by molar-refractivity contribution is 6.05. The summed E-state index contributed by atoms with van der Waals surface area (Å²) in [5, 5.41) is 2.77. The minimum atomic E-state index is -4.52. The standard InChI is InChI=1S/C27H33F3N6O5/c1-15(27(28,29)30)10-20(37)23-32-16(2)22-24(34-23)36(17-6-5-9-35(22)12-17)25(38)33-21-8-7-18(11-31-21)39-13-19-14-40-26(3,4)41-19/h7-8,11,15,17,19H,5-6,9-10,12-14H2,1-4H3,(H,31,33,38)/t15-,17-,19+/m0/s1. The number of piperidine rings is 1. The Balaban J connectivity index is 1.32. The Morgan fingerprint density at radius 1 is 1.27 bits per heavy atom. The Kier molecular flexibility index (Phi) is 7.81. The topological polar surface area (TPSA) is 119 Å². The van der Waals surface area contributed by atoms with Crippen molar-refractivity contribution in [3.05, 3.63) is 29.8 Å². The molecule has 0 unspecified atom stereocenters. The van der Waals surface area contributed by atoms with E-state index in [4.69, 9.17) is 14.2 Å². The first-order valence-corrected chi connectivity index (χ1v) is 13.5. The molecule has 5 rings (SSSR count). The average Bonchev–Trinajstić information content (AvgIpc) is 3.25. The number of aromatic nitrogens is 3. The van der Waals surface area contributed by atoms with Crippen molar-refractivity contribution in [1.29, 1.82) is 0 Å². The maximum absolute atomic E-state index is 13.6. The molecule has 3 aliphatic rings. The van der Waals surface area contributed by atoms with Crippen molar-refractivity contribution < 1.29 is 37.0 Å². The number of pyridine rings is 1. The molecule has 1 N–H and O–H groups in total. The summed E-state index contributed by atoms with van der Waals surface area (Å²) < 4.78 is 56.3. The first-order valence-electron chi connectivity index (χ1n) is 13.5. The number of ketones is 1. The molecule has 2 amide bonds. The Morgan fingerprint density at radius 2 is 2.05 bits per heavy atom. The summed E-state index contributed by atoms with van der Waals surface area (Å²) in [5.74, 6) is -2.70. The van der Waals surface area contributed by atoms with Gasteiger partial charge >= 0.3 is 12.2 Å². The average molecular weight is 579 g/mol. The van der Waals surface area contributed by atoms with E-state index < -0.39 is 36.1 Å². The number of fused-ring (bicyclic) bond motifs is 4. The lowest BCUT2D eigenvalue weighted by atomic mass is 9.99. The molecule has 222 valence electrons. The number of carbonyl (C=O) groups is 2. The maximum Gasteiger partial charge on any atom is 0.391 e. The first-order chi connectivity index (χ1) is 19.3. The van der Waals surface area contributed by atoms with Crippen LogP contribution in [-0.2, 0) is 9.47 Å². The molecule has 0 radical (unpaired) electrons. The third-order valence-electron chi connectivity index (χ3n) is 7.34. The predicted molar refractivity (Wildman–Crippen MR) is 142 cm³/mol. The quantitative estimate of drug-likeness (QED) is 0.474. The van der Waals surface area contributed by atoms with Crippen LogP contribution < -0.4 is 19.9 Å². The van der Waals surface area contributed by atoms with Gasteiger partial charge in [-0.05, 0) is 45.7 Å². The van der Waals surface area contributed by atoms with Gasteiger partial charge in [0, 0.05) is 19.5 Å². The summed E-state index contributed by atoms with van der Waals surface area (Å²) in [6, 6.07) is 2.50. The van der Waals surface area contributed by atoms with E-state index in [1.807, 2.05) is 13.8 Å². The number of hydrogen-bond donors (Lipinski definition) is 1. The lowest BCUT2D eigenvalue weighted by molar-refractivity contribution is -0.168. The zero-order valence-corrected chi connectivity index (χ0v) is 23.3. The van der Waals surface area contributed by atoms with Crippen LogP contribution in [0.4, 0.5) is 35.3 Å². The van der Waals surface area contributed by atoms with E-state index in [1.165, 1.54) is 11.1 Å². The van der Waals surface area contributed by atoms with Crippen molar-refractivity contribution in [2.45, 2.75) is 71.1 Å². The van der Waals surface area contributed by atoms with Crippen molar-refractivity contribution in [2.24, 2.45) is 5.92 Å².